The van der Waals surface area contributed by atoms with Crippen molar-refractivity contribution in [1.29, 1.82) is 0 Å². The van der Waals surface area contributed by atoms with E-state index in [1.54, 1.807) is 14.2 Å². The fourth-order valence-corrected chi connectivity index (χ4v) is 33.5. The predicted octanol–water partition coefficient (Wildman–Crippen LogP) is 4.35. The summed E-state index contributed by atoms with van der Waals surface area (Å²) in [5.41, 5.74) is 0. The first-order valence-electron chi connectivity index (χ1n) is 14.4. The molecule has 0 N–H and O–H groups in total. The van der Waals surface area contributed by atoms with Crippen LogP contribution in [0.15, 0.2) is 170 Å². The van der Waals surface area contributed by atoms with E-state index in [0.717, 1.165) is 11.5 Å². The summed E-state index contributed by atoms with van der Waals surface area (Å²) in [6.45, 7) is 0. The van der Waals surface area contributed by atoms with Gasteiger partial charge in [0, 0.05) is 0 Å². The second-order valence-corrected chi connectivity index (χ2v) is 26.0. The van der Waals surface area contributed by atoms with Crippen LogP contribution in [0.25, 0.3) is 0 Å². The van der Waals surface area contributed by atoms with Crippen LogP contribution in [-0.4, -0.2) is 41.4 Å². The zero-order chi connectivity index (χ0) is 29.5. The summed E-state index contributed by atoms with van der Waals surface area (Å²) in [5, 5.41) is 0. The molecule has 6 aromatic carbocycles. The van der Waals surface area contributed by atoms with Gasteiger partial charge in [-0.15, -0.1) is 0 Å². The number of benzene rings is 6. The SMILES string of the molecule is COc1cc[c]([Ge]([O][Ge]([c]2ccccc2)([c]2ccccc2)[c]2ccc(OC)cc2)([c]2ccccc2)[c]2ccccc2)cc1. The van der Waals surface area contributed by atoms with Crippen LogP contribution in [-0.2, 0) is 2.79 Å². The van der Waals surface area contributed by atoms with Gasteiger partial charge in [0.05, 0.1) is 0 Å². The molecule has 0 atom stereocenters. The van der Waals surface area contributed by atoms with E-state index in [4.69, 9.17) is 12.3 Å². The molecule has 0 heterocycles. The molecule has 0 aliphatic carbocycles. The zero-order valence-electron chi connectivity index (χ0n) is 24.4. The molecule has 0 bridgehead atoms. The van der Waals surface area contributed by atoms with Crippen molar-refractivity contribution < 1.29 is 12.3 Å². The summed E-state index contributed by atoms with van der Waals surface area (Å²) in [6, 6.07) is 60.6. The molecule has 5 heteroatoms. The Labute approximate surface area is 260 Å². The Hall–Kier alpha value is -4.03. The third kappa shape index (κ3) is 5.56. The van der Waals surface area contributed by atoms with Crippen LogP contribution in [0, 0.1) is 0 Å². The molecular weight excluding hydrogens is 650 g/mol. The molecule has 0 saturated carbocycles. The van der Waals surface area contributed by atoms with E-state index < -0.39 is 27.2 Å². The van der Waals surface area contributed by atoms with Crippen molar-refractivity contribution in [2.24, 2.45) is 0 Å². The average Bonchev–Trinajstić information content (AvgIpc) is 3.11. The second-order valence-electron chi connectivity index (χ2n) is 10.4. The fraction of sp³-hybridized carbons (Fsp3) is 0.0526. The molecule has 0 amide bonds. The van der Waals surface area contributed by atoms with Crippen LogP contribution in [0.5, 0.6) is 11.5 Å². The van der Waals surface area contributed by atoms with E-state index in [2.05, 4.69) is 170 Å². The number of ether oxygens (including phenoxy) is 2. The average molecular weight is 684 g/mol. The fourth-order valence-electron chi connectivity index (χ4n) is 5.93. The molecule has 212 valence electrons. The van der Waals surface area contributed by atoms with Gasteiger partial charge in [-0.2, -0.15) is 0 Å². The van der Waals surface area contributed by atoms with Gasteiger partial charge in [0.2, 0.25) is 0 Å². The monoisotopic (exact) mass is 686 g/mol. The van der Waals surface area contributed by atoms with E-state index in [1.807, 2.05) is 0 Å². The quantitative estimate of drug-likeness (QED) is 0.201. The van der Waals surface area contributed by atoms with Crippen molar-refractivity contribution in [2.75, 3.05) is 14.2 Å². The molecule has 0 aliphatic rings. The van der Waals surface area contributed by atoms with Gasteiger partial charge in [-0.05, 0) is 0 Å². The van der Waals surface area contributed by atoms with Gasteiger partial charge in [-0.25, -0.2) is 0 Å². The second kappa shape index (κ2) is 13.1. The van der Waals surface area contributed by atoms with Gasteiger partial charge in [0.1, 0.15) is 0 Å². The van der Waals surface area contributed by atoms with Crippen molar-refractivity contribution in [2.45, 2.75) is 0 Å². The Morgan fingerprint density at radius 3 is 0.767 bits per heavy atom. The first-order chi connectivity index (χ1) is 21.2. The summed E-state index contributed by atoms with van der Waals surface area (Å²) >= 11 is -7.89. The molecular formula is C38H34Ge2O3. The van der Waals surface area contributed by atoms with Crippen molar-refractivity contribution in [3.63, 3.8) is 0 Å². The van der Waals surface area contributed by atoms with Gasteiger partial charge >= 0.3 is 261 Å². The van der Waals surface area contributed by atoms with Gasteiger partial charge < -0.3 is 0 Å². The molecule has 0 spiro atoms. The van der Waals surface area contributed by atoms with Crippen LogP contribution in [0.2, 0.25) is 0 Å². The van der Waals surface area contributed by atoms with Crippen LogP contribution < -0.4 is 35.8 Å². The van der Waals surface area contributed by atoms with E-state index in [9.17, 15) is 0 Å². The molecule has 43 heavy (non-hydrogen) atoms. The van der Waals surface area contributed by atoms with E-state index in [0.29, 0.717) is 0 Å². The van der Waals surface area contributed by atoms with Crippen molar-refractivity contribution in [1.82, 2.24) is 0 Å². The minimum absolute atomic E-state index is 0.829. The normalized spacial score (nSPS) is 11.6. The Kier molecular flexibility index (Phi) is 8.84. The zero-order valence-corrected chi connectivity index (χ0v) is 28.6. The van der Waals surface area contributed by atoms with Gasteiger partial charge in [-0.3, -0.25) is 0 Å². The maximum atomic E-state index is 8.38. The van der Waals surface area contributed by atoms with Crippen molar-refractivity contribution in [3.05, 3.63) is 170 Å². The molecule has 6 rings (SSSR count). The Morgan fingerprint density at radius 1 is 0.302 bits per heavy atom. The van der Waals surface area contributed by atoms with Gasteiger partial charge in [0.15, 0.2) is 0 Å². The van der Waals surface area contributed by atoms with E-state index in [1.165, 1.54) is 26.4 Å². The Morgan fingerprint density at radius 2 is 0.535 bits per heavy atom. The third-order valence-electron chi connectivity index (χ3n) is 8.02. The molecule has 0 aliphatic heterocycles. The number of rotatable bonds is 10. The first kappa shape index (κ1) is 29.1. The molecule has 0 unspecified atom stereocenters. The predicted molar refractivity (Wildman–Crippen MR) is 182 cm³/mol. The molecule has 0 aromatic heterocycles. The molecule has 3 nitrogen and oxygen atoms in total. The molecule has 0 saturated heterocycles. The third-order valence-corrected chi connectivity index (χ3v) is 30.4. The molecule has 0 radical (unpaired) electrons. The number of methoxy groups -OCH3 is 2. The Bertz CT molecular complexity index is 1520. The number of hydrogen-bond acceptors (Lipinski definition) is 3. The van der Waals surface area contributed by atoms with Crippen LogP contribution in [0.3, 0.4) is 0 Å². The van der Waals surface area contributed by atoms with Gasteiger partial charge in [-0.1, -0.05) is 0 Å². The van der Waals surface area contributed by atoms with Gasteiger partial charge in [0.25, 0.3) is 0 Å². The number of hydrogen-bond donors (Lipinski definition) is 0. The van der Waals surface area contributed by atoms with E-state index in [-0.39, 0.29) is 0 Å². The van der Waals surface area contributed by atoms with E-state index >= 15 is 0 Å². The summed E-state index contributed by atoms with van der Waals surface area (Å²) < 4.78 is 27.0. The first-order valence-corrected chi connectivity index (χ1v) is 22.4. The standard InChI is InChI=1S/C38H34Ge2O3/c1-41-37-27-23-35(24-28-37)39(31-15-7-3-8-16-31,32-17-9-4-10-18-32)43-40(33-19-11-5-12-20-33,34-21-13-6-14-22-34)36-25-29-38(42-2)30-26-36/h3-30H,1-2H3. The van der Waals surface area contributed by atoms with Crippen LogP contribution in [0.4, 0.5) is 0 Å². The van der Waals surface area contributed by atoms with Crippen molar-refractivity contribution >= 4 is 53.6 Å². The summed E-state index contributed by atoms with van der Waals surface area (Å²) in [6.07, 6.45) is 0. The van der Waals surface area contributed by atoms with Crippen LogP contribution >= 0.6 is 0 Å². The Balaban J connectivity index is 1.75. The topological polar surface area (TPSA) is 27.7 Å². The maximum absolute atomic E-state index is 8.38. The summed E-state index contributed by atoms with van der Waals surface area (Å²) in [4.78, 5) is 0. The molecule has 0 fully saturated rings. The summed E-state index contributed by atoms with van der Waals surface area (Å²) in [5.74, 6) is 1.66. The molecule has 6 aromatic rings. The van der Waals surface area contributed by atoms with Crippen molar-refractivity contribution in [3.8, 4) is 11.5 Å². The van der Waals surface area contributed by atoms with Crippen LogP contribution in [0.1, 0.15) is 0 Å². The minimum atomic E-state index is -3.95. The summed E-state index contributed by atoms with van der Waals surface area (Å²) in [7, 11) is 3.42.